The van der Waals surface area contributed by atoms with Gasteiger partial charge in [-0.05, 0) is 31.7 Å². The van der Waals surface area contributed by atoms with Gasteiger partial charge in [-0.15, -0.1) is 0 Å². The van der Waals surface area contributed by atoms with Gasteiger partial charge in [-0.3, -0.25) is 0 Å². The van der Waals surface area contributed by atoms with E-state index in [1.54, 1.807) is 0 Å². The Morgan fingerprint density at radius 2 is 2.27 bits per heavy atom. The summed E-state index contributed by atoms with van der Waals surface area (Å²) in [5, 5.41) is 0. The van der Waals surface area contributed by atoms with Gasteiger partial charge in [-0.1, -0.05) is 29.8 Å². The van der Waals surface area contributed by atoms with Crippen molar-refractivity contribution in [3.8, 4) is 0 Å². The lowest BCUT2D eigenvalue weighted by atomic mass is 10.1. The Bertz CT molecular complexity index is 324. The number of benzene rings is 1. The Hall–Kier alpha value is -0.860. The fraction of sp³-hybridized carbons (Fsp3) is 0.538. The number of hydrogen-bond donors (Lipinski definition) is 1. The van der Waals surface area contributed by atoms with Gasteiger partial charge in [0.2, 0.25) is 0 Å². The SMILES string of the molecule is Cc1cccc(CO[C@H]2CCC[C@@H]2N)c1. The molecule has 0 saturated heterocycles. The normalized spacial score (nSPS) is 25.7. The Morgan fingerprint density at radius 1 is 1.40 bits per heavy atom. The smallest absolute Gasteiger partial charge is 0.0730 e. The van der Waals surface area contributed by atoms with Crippen molar-refractivity contribution in [2.45, 2.75) is 44.9 Å². The minimum Gasteiger partial charge on any atom is -0.372 e. The molecule has 2 atom stereocenters. The Labute approximate surface area is 91.4 Å². The largest absolute Gasteiger partial charge is 0.372 e. The van der Waals surface area contributed by atoms with Crippen LogP contribution in [0.25, 0.3) is 0 Å². The summed E-state index contributed by atoms with van der Waals surface area (Å²) in [7, 11) is 0. The lowest BCUT2D eigenvalue weighted by Crippen LogP contribution is -2.31. The van der Waals surface area contributed by atoms with Gasteiger partial charge in [0.25, 0.3) is 0 Å². The molecule has 0 unspecified atom stereocenters. The molecule has 82 valence electrons. The molecular formula is C13H19NO. The number of rotatable bonds is 3. The van der Waals surface area contributed by atoms with Crippen molar-refractivity contribution >= 4 is 0 Å². The summed E-state index contributed by atoms with van der Waals surface area (Å²) in [6, 6.07) is 8.69. The molecule has 0 aliphatic heterocycles. The first-order valence-corrected chi connectivity index (χ1v) is 5.68. The van der Waals surface area contributed by atoms with Crippen molar-refractivity contribution in [1.29, 1.82) is 0 Å². The zero-order chi connectivity index (χ0) is 10.7. The van der Waals surface area contributed by atoms with Crippen LogP contribution < -0.4 is 5.73 Å². The van der Waals surface area contributed by atoms with Crippen LogP contribution in [0.5, 0.6) is 0 Å². The predicted molar refractivity (Wildman–Crippen MR) is 61.6 cm³/mol. The van der Waals surface area contributed by atoms with E-state index in [0.717, 1.165) is 12.8 Å². The van der Waals surface area contributed by atoms with Gasteiger partial charge in [0.15, 0.2) is 0 Å². The van der Waals surface area contributed by atoms with Crippen LogP contribution in [0.4, 0.5) is 0 Å². The van der Waals surface area contributed by atoms with Crippen LogP contribution in [-0.4, -0.2) is 12.1 Å². The molecule has 1 aliphatic rings. The van der Waals surface area contributed by atoms with E-state index in [-0.39, 0.29) is 12.1 Å². The topological polar surface area (TPSA) is 35.2 Å². The fourth-order valence-electron chi connectivity index (χ4n) is 2.17. The first-order chi connectivity index (χ1) is 7.25. The van der Waals surface area contributed by atoms with E-state index in [0.29, 0.717) is 6.61 Å². The van der Waals surface area contributed by atoms with Crippen LogP contribution in [-0.2, 0) is 11.3 Å². The van der Waals surface area contributed by atoms with Gasteiger partial charge in [-0.25, -0.2) is 0 Å². The second-order valence-electron chi connectivity index (χ2n) is 4.43. The van der Waals surface area contributed by atoms with Crippen LogP contribution in [0.2, 0.25) is 0 Å². The molecule has 0 spiro atoms. The van der Waals surface area contributed by atoms with E-state index in [9.17, 15) is 0 Å². The van der Waals surface area contributed by atoms with Gasteiger partial charge in [-0.2, -0.15) is 0 Å². The molecule has 1 aromatic carbocycles. The molecule has 0 bridgehead atoms. The first-order valence-electron chi connectivity index (χ1n) is 5.68. The van der Waals surface area contributed by atoms with Gasteiger partial charge in [0, 0.05) is 6.04 Å². The molecule has 2 rings (SSSR count). The molecule has 15 heavy (non-hydrogen) atoms. The van der Waals surface area contributed by atoms with E-state index >= 15 is 0 Å². The Balaban J connectivity index is 1.87. The summed E-state index contributed by atoms with van der Waals surface area (Å²) in [4.78, 5) is 0. The monoisotopic (exact) mass is 205 g/mol. The summed E-state index contributed by atoms with van der Waals surface area (Å²) >= 11 is 0. The van der Waals surface area contributed by atoms with Crippen molar-refractivity contribution in [1.82, 2.24) is 0 Å². The standard InChI is InChI=1S/C13H19NO/c1-10-4-2-5-11(8-10)9-15-13-7-3-6-12(13)14/h2,4-5,8,12-13H,3,6-7,9,14H2,1H3/t12-,13-/m0/s1. The quantitative estimate of drug-likeness (QED) is 0.822. The first kappa shape index (κ1) is 10.7. The van der Waals surface area contributed by atoms with Crippen LogP contribution in [0.1, 0.15) is 30.4 Å². The van der Waals surface area contributed by atoms with Gasteiger partial charge in [0.05, 0.1) is 12.7 Å². The highest BCUT2D eigenvalue weighted by Gasteiger charge is 2.24. The van der Waals surface area contributed by atoms with Crippen molar-refractivity contribution in [3.05, 3.63) is 35.4 Å². The van der Waals surface area contributed by atoms with Crippen molar-refractivity contribution in [3.63, 3.8) is 0 Å². The molecule has 0 radical (unpaired) electrons. The highest BCUT2D eigenvalue weighted by atomic mass is 16.5. The highest BCUT2D eigenvalue weighted by Crippen LogP contribution is 2.21. The molecule has 2 N–H and O–H groups in total. The van der Waals surface area contributed by atoms with Crippen LogP contribution in [0.15, 0.2) is 24.3 Å². The van der Waals surface area contributed by atoms with Crippen LogP contribution in [0, 0.1) is 6.92 Å². The molecule has 0 aromatic heterocycles. The second kappa shape index (κ2) is 4.77. The molecule has 2 nitrogen and oxygen atoms in total. The number of nitrogens with two attached hydrogens (primary N) is 1. The maximum atomic E-state index is 5.95. The molecule has 1 aliphatic carbocycles. The average molecular weight is 205 g/mol. The van der Waals surface area contributed by atoms with Crippen molar-refractivity contribution in [2.24, 2.45) is 5.73 Å². The summed E-state index contributed by atoms with van der Waals surface area (Å²) in [5.74, 6) is 0. The summed E-state index contributed by atoms with van der Waals surface area (Å²) in [6.45, 7) is 2.80. The van der Waals surface area contributed by atoms with Gasteiger partial charge in [0.1, 0.15) is 0 Å². The van der Waals surface area contributed by atoms with Gasteiger partial charge >= 0.3 is 0 Å². The summed E-state index contributed by atoms with van der Waals surface area (Å²) in [5.41, 5.74) is 8.48. The third-order valence-electron chi connectivity index (χ3n) is 3.05. The predicted octanol–water partition coefficient (Wildman–Crippen LogP) is 2.39. The zero-order valence-corrected chi connectivity index (χ0v) is 9.28. The number of hydrogen-bond acceptors (Lipinski definition) is 2. The van der Waals surface area contributed by atoms with E-state index in [1.165, 1.54) is 17.5 Å². The maximum absolute atomic E-state index is 5.95. The third-order valence-corrected chi connectivity index (χ3v) is 3.05. The molecule has 0 heterocycles. The summed E-state index contributed by atoms with van der Waals surface area (Å²) < 4.78 is 5.83. The molecular weight excluding hydrogens is 186 g/mol. The van der Waals surface area contributed by atoms with Crippen LogP contribution >= 0.6 is 0 Å². The molecule has 1 saturated carbocycles. The second-order valence-corrected chi connectivity index (χ2v) is 4.43. The van der Waals surface area contributed by atoms with E-state index < -0.39 is 0 Å². The highest BCUT2D eigenvalue weighted by molar-refractivity contribution is 5.21. The molecule has 2 heteroatoms. The third kappa shape index (κ3) is 2.80. The zero-order valence-electron chi connectivity index (χ0n) is 9.28. The lowest BCUT2D eigenvalue weighted by molar-refractivity contribution is 0.0357. The number of ether oxygens (including phenoxy) is 1. The van der Waals surface area contributed by atoms with Crippen molar-refractivity contribution in [2.75, 3.05) is 0 Å². The maximum Gasteiger partial charge on any atom is 0.0730 e. The average Bonchev–Trinajstić information content (AvgIpc) is 2.61. The molecule has 0 amide bonds. The van der Waals surface area contributed by atoms with Gasteiger partial charge < -0.3 is 10.5 Å². The molecule has 1 fully saturated rings. The van der Waals surface area contributed by atoms with E-state index in [2.05, 4.69) is 31.2 Å². The van der Waals surface area contributed by atoms with E-state index in [4.69, 9.17) is 10.5 Å². The minimum atomic E-state index is 0.245. The van der Waals surface area contributed by atoms with Crippen LogP contribution in [0.3, 0.4) is 0 Å². The Kier molecular flexibility index (Phi) is 3.39. The number of aryl methyl sites for hydroxylation is 1. The minimum absolute atomic E-state index is 0.245. The summed E-state index contributed by atoms with van der Waals surface area (Å²) in [6.07, 6.45) is 3.70. The van der Waals surface area contributed by atoms with E-state index in [1.807, 2.05) is 0 Å². The fourth-order valence-corrected chi connectivity index (χ4v) is 2.17. The Morgan fingerprint density at radius 3 is 2.93 bits per heavy atom. The lowest BCUT2D eigenvalue weighted by Gasteiger charge is -2.16. The molecule has 1 aromatic rings. The van der Waals surface area contributed by atoms with Crippen molar-refractivity contribution < 1.29 is 4.74 Å².